The average molecular weight is 307 g/mol. The summed E-state index contributed by atoms with van der Waals surface area (Å²) in [5.41, 5.74) is 1.30. The van der Waals surface area contributed by atoms with Crippen LogP contribution < -0.4 is 0 Å². The molecule has 0 aliphatic rings. The number of benzene rings is 1. The molecule has 2 rings (SSSR count). The second kappa shape index (κ2) is 8.12. The van der Waals surface area contributed by atoms with Crippen molar-refractivity contribution in [1.29, 1.82) is 0 Å². The molecular formula is C16H21NO3S. The Labute approximate surface area is 129 Å². The van der Waals surface area contributed by atoms with Crippen LogP contribution in [-0.4, -0.2) is 44.8 Å². The Morgan fingerprint density at radius 3 is 2.81 bits per heavy atom. The highest BCUT2D eigenvalue weighted by atomic mass is 32.1. The van der Waals surface area contributed by atoms with Gasteiger partial charge in [0.15, 0.2) is 0 Å². The van der Waals surface area contributed by atoms with Gasteiger partial charge in [-0.15, -0.1) is 11.3 Å². The molecular weight excluding hydrogens is 286 g/mol. The molecule has 1 heterocycles. The van der Waals surface area contributed by atoms with Crippen LogP contribution in [0, 0.1) is 0 Å². The summed E-state index contributed by atoms with van der Waals surface area (Å²) in [5.74, 6) is -0.174. The second-order valence-corrected chi connectivity index (χ2v) is 5.76. The van der Waals surface area contributed by atoms with E-state index in [1.807, 2.05) is 0 Å². The average Bonchev–Trinajstić information content (AvgIpc) is 2.92. The third-order valence-corrected chi connectivity index (χ3v) is 4.44. The number of hydrogen-bond donors (Lipinski definition) is 0. The Kier molecular flexibility index (Phi) is 6.17. The van der Waals surface area contributed by atoms with Crippen LogP contribution in [0.25, 0.3) is 10.1 Å². The van der Waals surface area contributed by atoms with Crippen LogP contribution in [-0.2, 0) is 20.8 Å². The highest BCUT2D eigenvalue weighted by Gasteiger charge is 2.12. The van der Waals surface area contributed by atoms with Gasteiger partial charge in [-0.2, -0.15) is 0 Å². The topological polar surface area (TPSA) is 38.8 Å². The third-order valence-electron chi connectivity index (χ3n) is 3.43. The summed E-state index contributed by atoms with van der Waals surface area (Å²) in [4.78, 5) is 13.6. The zero-order valence-electron chi connectivity index (χ0n) is 12.5. The van der Waals surface area contributed by atoms with Crippen molar-refractivity contribution >= 4 is 27.4 Å². The van der Waals surface area contributed by atoms with E-state index < -0.39 is 0 Å². The first-order chi connectivity index (χ1) is 10.2. The number of ether oxygens (including phenoxy) is 2. The molecule has 4 nitrogen and oxygen atoms in total. The Morgan fingerprint density at radius 2 is 2.05 bits per heavy atom. The van der Waals surface area contributed by atoms with Gasteiger partial charge < -0.3 is 9.47 Å². The third kappa shape index (κ3) is 4.52. The summed E-state index contributed by atoms with van der Waals surface area (Å²) in [6.45, 7) is 2.96. The molecule has 5 heteroatoms. The number of hydrogen-bond acceptors (Lipinski definition) is 5. The minimum Gasteiger partial charge on any atom is -0.469 e. The number of fused-ring (bicyclic) bond motifs is 1. The lowest BCUT2D eigenvalue weighted by atomic mass is 10.1. The predicted octanol–water partition coefficient (Wildman–Crippen LogP) is 2.91. The van der Waals surface area contributed by atoms with Crippen molar-refractivity contribution in [1.82, 2.24) is 4.90 Å². The van der Waals surface area contributed by atoms with Gasteiger partial charge in [-0.25, -0.2) is 0 Å². The molecule has 114 valence electrons. The minimum atomic E-state index is -0.174. The molecule has 0 saturated heterocycles. The van der Waals surface area contributed by atoms with Gasteiger partial charge in [-0.3, -0.25) is 9.69 Å². The highest BCUT2D eigenvalue weighted by molar-refractivity contribution is 7.17. The number of carbonyl (C=O) groups is 1. The number of rotatable bonds is 8. The van der Waals surface area contributed by atoms with Gasteiger partial charge >= 0.3 is 5.97 Å². The van der Waals surface area contributed by atoms with Crippen molar-refractivity contribution in [3.63, 3.8) is 0 Å². The van der Waals surface area contributed by atoms with E-state index in [-0.39, 0.29) is 5.97 Å². The monoisotopic (exact) mass is 307 g/mol. The molecule has 0 fully saturated rings. The largest absolute Gasteiger partial charge is 0.469 e. The zero-order valence-corrected chi connectivity index (χ0v) is 13.3. The second-order valence-electron chi connectivity index (χ2n) is 4.85. The van der Waals surface area contributed by atoms with Crippen LogP contribution in [0.2, 0.25) is 0 Å². The molecule has 0 saturated carbocycles. The van der Waals surface area contributed by atoms with Crippen molar-refractivity contribution in [2.45, 2.75) is 13.0 Å². The summed E-state index contributed by atoms with van der Waals surface area (Å²) in [7, 11) is 3.12. The van der Waals surface area contributed by atoms with Crippen LogP contribution in [0.4, 0.5) is 0 Å². The maximum atomic E-state index is 11.3. The molecule has 0 spiro atoms. The van der Waals surface area contributed by atoms with Crippen LogP contribution in [0.5, 0.6) is 0 Å². The van der Waals surface area contributed by atoms with E-state index >= 15 is 0 Å². The van der Waals surface area contributed by atoms with Gasteiger partial charge in [-0.05, 0) is 22.4 Å². The van der Waals surface area contributed by atoms with E-state index in [1.165, 1.54) is 22.8 Å². The normalized spacial score (nSPS) is 11.2. The Morgan fingerprint density at radius 1 is 1.24 bits per heavy atom. The maximum Gasteiger partial charge on any atom is 0.306 e. The van der Waals surface area contributed by atoms with Crippen molar-refractivity contribution in [3.8, 4) is 0 Å². The number of carbonyl (C=O) groups excluding carboxylic acids is 1. The van der Waals surface area contributed by atoms with Crippen LogP contribution in [0.1, 0.15) is 12.0 Å². The molecule has 0 radical (unpaired) electrons. The predicted molar refractivity (Wildman–Crippen MR) is 85.6 cm³/mol. The first-order valence-corrected chi connectivity index (χ1v) is 7.85. The number of thiophene rings is 1. The number of esters is 1. The Bertz CT molecular complexity index is 582. The first kappa shape index (κ1) is 15.9. The lowest BCUT2D eigenvalue weighted by Gasteiger charge is -2.21. The summed E-state index contributed by atoms with van der Waals surface area (Å²) in [5, 5.41) is 3.49. The lowest BCUT2D eigenvalue weighted by Crippen LogP contribution is -2.29. The van der Waals surface area contributed by atoms with E-state index in [0.717, 1.165) is 13.1 Å². The van der Waals surface area contributed by atoms with Gasteiger partial charge in [0.25, 0.3) is 0 Å². The lowest BCUT2D eigenvalue weighted by molar-refractivity contribution is -0.141. The standard InChI is InChI=1S/C16H21NO3S/c1-19-10-9-17(8-7-16(18)20-2)11-13-12-21-15-6-4-3-5-14(13)15/h3-6,12H,7-11H2,1-2H3. The van der Waals surface area contributed by atoms with Crippen LogP contribution in [0.15, 0.2) is 29.6 Å². The summed E-state index contributed by atoms with van der Waals surface area (Å²) in [6.07, 6.45) is 0.405. The molecule has 0 bridgehead atoms. The molecule has 0 aliphatic heterocycles. The zero-order chi connectivity index (χ0) is 15.1. The van der Waals surface area contributed by atoms with Crippen molar-refractivity contribution in [2.75, 3.05) is 33.9 Å². The van der Waals surface area contributed by atoms with Gasteiger partial charge in [0.1, 0.15) is 0 Å². The highest BCUT2D eigenvalue weighted by Crippen LogP contribution is 2.26. The van der Waals surface area contributed by atoms with Crippen molar-refractivity contribution < 1.29 is 14.3 Å². The molecule has 21 heavy (non-hydrogen) atoms. The SMILES string of the molecule is COCCN(CCC(=O)OC)Cc1csc2ccccc12. The van der Waals surface area contributed by atoms with E-state index in [9.17, 15) is 4.79 Å². The molecule has 0 unspecified atom stereocenters. The molecule has 2 aromatic rings. The van der Waals surface area contributed by atoms with Gasteiger partial charge in [0.05, 0.1) is 20.1 Å². The van der Waals surface area contributed by atoms with E-state index in [2.05, 4.69) is 34.5 Å². The molecule has 0 aliphatic carbocycles. The fourth-order valence-electron chi connectivity index (χ4n) is 2.24. The van der Waals surface area contributed by atoms with Crippen molar-refractivity contribution in [2.24, 2.45) is 0 Å². The fraction of sp³-hybridized carbons (Fsp3) is 0.438. The van der Waals surface area contributed by atoms with Crippen molar-refractivity contribution in [3.05, 3.63) is 35.2 Å². The molecule has 1 aromatic carbocycles. The maximum absolute atomic E-state index is 11.3. The van der Waals surface area contributed by atoms with E-state index in [0.29, 0.717) is 19.6 Å². The quantitative estimate of drug-likeness (QED) is 0.703. The number of methoxy groups -OCH3 is 2. The summed E-state index contributed by atoms with van der Waals surface area (Å²) >= 11 is 1.76. The van der Waals surface area contributed by atoms with E-state index in [4.69, 9.17) is 9.47 Å². The van der Waals surface area contributed by atoms with E-state index in [1.54, 1.807) is 18.4 Å². The smallest absolute Gasteiger partial charge is 0.306 e. The number of nitrogens with zero attached hydrogens (tertiary/aromatic N) is 1. The fourth-order valence-corrected chi connectivity index (χ4v) is 3.19. The molecule has 0 N–H and O–H groups in total. The van der Waals surface area contributed by atoms with Gasteiger partial charge in [0, 0.05) is 31.4 Å². The van der Waals surface area contributed by atoms with Gasteiger partial charge in [-0.1, -0.05) is 18.2 Å². The summed E-state index contributed by atoms with van der Waals surface area (Å²) < 4.78 is 11.2. The minimum absolute atomic E-state index is 0.174. The summed E-state index contributed by atoms with van der Waals surface area (Å²) in [6, 6.07) is 8.41. The Hall–Kier alpha value is -1.43. The van der Waals surface area contributed by atoms with Crippen LogP contribution >= 0.6 is 11.3 Å². The molecule has 0 amide bonds. The van der Waals surface area contributed by atoms with Crippen LogP contribution in [0.3, 0.4) is 0 Å². The molecule has 0 atom stereocenters. The first-order valence-electron chi connectivity index (χ1n) is 6.98. The molecule has 1 aromatic heterocycles. The van der Waals surface area contributed by atoms with Gasteiger partial charge in [0.2, 0.25) is 0 Å². The Balaban J connectivity index is 2.04.